The van der Waals surface area contributed by atoms with Gasteiger partial charge in [0.2, 0.25) is 0 Å². The van der Waals surface area contributed by atoms with Crippen molar-refractivity contribution in [3.8, 4) is 0 Å². The molecule has 0 aromatic carbocycles. The van der Waals surface area contributed by atoms with Crippen molar-refractivity contribution < 1.29 is 18.7 Å². The highest BCUT2D eigenvalue weighted by Crippen LogP contribution is 2.05. The number of guanidine groups is 1. The fourth-order valence-corrected chi connectivity index (χ4v) is 1.78. The minimum atomic E-state index is -0.823. The fraction of sp³-hybridized carbons (Fsp3) is 0.538. The summed E-state index contributed by atoms with van der Waals surface area (Å²) in [6, 6.07) is -0.823. The van der Waals surface area contributed by atoms with Crippen molar-refractivity contribution in [1.82, 2.24) is 10.3 Å². The third-order valence-electron chi connectivity index (χ3n) is 2.88. The molecular weight excluding hydrogens is 304 g/mol. The first-order valence-corrected chi connectivity index (χ1v) is 7.06. The Kier molecular flexibility index (Phi) is 7.54. The van der Waals surface area contributed by atoms with Crippen LogP contribution in [0.25, 0.3) is 0 Å². The van der Waals surface area contributed by atoms with E-state index < -0.39 is 17.9 Å². The fourth-order valence-electron chi connectivity index (χ4n) is 1.78. The van der Waals surface area contributed by atoms with Gasteiger partial charge in [-0.15, -0.1) is 0 Å². The number of carbonyl (C=O) groups is 2. The molecule has 0 fully saturated rings. The zero-order valence-electron chi connectivity index (χ0n) is 12.9. The van der Waals surface area contributed by atoms with Crippen molar-refractivity contribution in [1.29, 1.82) is 0 Å². The summed E-state index contributed by atoms with van der Waals surface area (Å²) in [5.74, 6) is -0.762. The minimum Gasteiger partial charge on any atom is -0.467 e. The standard InChI is InChI=1S/C13H22N6O4/c1-22-12(21)8(3-2-6-17-13(15)16)19-11(20)9-7-23-10(18-9)4-5-14/h7-8H,2-6,14H2,1H3,(H,19,20)(H4,15,16,17). The molecule has 1 atom stereocenters. The molecule has 0 saturated heterocycles. The van der Waals surface area contributed by atoms with Gasteiger partial charge in [0.15, 0.2) is 17.5 Å². The molecule has 1 amide bonds. The Bertz CT molecular complexity index is 552. The second-order valence-corrected chi connectivity index (χ2v) is 4.66. The highest BCUT2D eigenvalue weighted by Gasteiger charge is 2.23. The number of nitrogens with two attached hydrogens (primary N) is 3. The molecule has 10 heteroatoms. The zero-order valence-corrected chi connectivity index (χ0v) is 12.9. The number of aliphatic imine (C=N–C) groups is 1. The van der Waals surface area contributed by atoms with Crippen LogP contribution in [-0.4, -0.2) is 49.1 Å². The van der Waals surface area contributed by atoms with Gasteiger partial charge in [-0.25, -0.2) is 9.78 Å². The maximum atomic E-state index is 12.1. The van der Waals surface area contributed by atoms with Crippen molar-refractivity contribution in [2.24, 2.45) is 22.2 Å². The third kappa shape index (κ3) is 6.34. The minimum absolute atomic E-state index is 0.0290. The van der Waals surface area contributed by atoms with Gasteiger partial charge in [0, 0.05) is 19.5 Å². The molecular formula is C13H22N6O4. The maximum absolute atomic E-state index is 12.1. The third-order valence-corrected chi connectivity index (χ3v) is 2.88. The van der Waals surface area contributed by atoms with Crippen molar-refractivity contribution in [3.05, 3.63) is 17.8 Å². The lowest BCUT2D eigenvalue weighted by Gasteiger charge is -2.15. The number of amides is 1. The van der Waals surface area contributed by atoms with Crippen molar-refractivity contribution in [2.45, 2.75) is 25.3 Å². The van der Waals surface area contributed by atoms with Crippen LogP contribution >= 0.6 is 0 Å². The molecule has 1 aromatic rings. The monoisotopic (exact) mass is 326 g/mol. The van der Waals surface area contributed by atoms with Crippen LogP contribution in [0.2, 0.25) is 0 Å². The molecule has 10 nitrogen and oxygen atoms in total. The first-order valence-electron chi connectivity index (χ1n) is 7.06. The van der Waals surface area contributed by atoms with Gasteiger partial charge in [-0.05, 0) is 12.8 Å². The van der Waals surface area contributed by atoms with E-state index in [4.69, 9.17) is 21.6 Å². The van der Waals surface area contributed by atoms with E-state index in [-0.39, 0.29) is 11.7 Å². The Hall–Kier alpha value is -2.62. The Labute approximate surface area is 133 Å². The number of methoxy groups -OCH3 is 1. The van der Waals surface area contributed by atoms with E-state index in [9.17, 15) is 9.59 Å². The van der Waals surface area contributed by atoms with Gasteiger partial charge in [0.1, 0.15) is 12.3 Å². The molecule has 0 radical (unpaired) electrons. The number of aromatic nitrogens is 1. The molecule has 1 unspecified atom stereocenters. The molecule has 7 N–H and O–H groups in total. The first-order chi connectivity index (χ1) is 11.0. The average molecular weight is 326 g/mol. The van der Waals surface area contributed by atoms with Gasteiger partial charge in [0.25, 0.3) is 5.91 Å². The number of rotatable bonds is 9. The second kappa shape index (κ2) is 9.41. The smallest absolute Gasteiger partial charge is 0.328 e. The SMILES string of the molecule is COC(=O)C(CCCN=C(N)N)NC(=O)c1coc(CCN)n1. The summed E-state index contributed by atoms with van der Waals surface area (Å²) in [7, 11) is 1.24. The van der Waals surface area contributed by atoms with E-state index in [0.717, 1.165) is 0 Å². The lowest BCUT2D eigenvalue weighted by Crippen LogP contribution is -2.41. The molecule has 0 spiro atoms. The molecule has 1 rings (SSSR count). The van der Waals surface area contributed by atoms with Crippen LogP contribution in [0, 0.1) is 0 Å². The predicted octanol–water partition coefficient (Wildman–Crippen LogP) is -1.50. The van der Waals surface area contributed by atoms with Gasteiger partial charge >= 0.3 is 5.97 Å². The number of carbonyl (C=O) groups excluding carboxylic acids is 2. The summed E-state index contributed by atoms with van der Waals surface area (Å²) in [5, 5.41) is 2.55. The normalized spacial score (nSPS) is 11.6. The molecule has 128 valence electrons. The topological polar surface area (TPSA) is 172 Å². The number of hydrogen-bond acceptors (Lipinski definition) is 7. The van der Waals surface area contributed by atoms with E-state index in [2.05, 4.69) is 20.0 Å². The molecule has 0 aliphatic rings. The lowest BCUT2D eigenvalue weighted by molar-refractivity contribution is -0.143. The first kappa shape index (κ1) is 18.4. The van der Waals surface area contributed by atoms with Crippen LogP contribution < -0.4 is 22.5 Å². The Morgan fingerprint density at radius 1 is 1.48 bits per heavy atom. The van der Waals surface area contributed by atoms with Gasteiger partial charge in [0.05, 0.1) is 7.11 Å². The number of nitrogens with one attached hydrogen (secondary N) is 1. The molecule has 1 heterocycles. The Balaban J connectivity index is 2.62. The van der Waals surface area contributed by atoms with Crippen LogP contribution in [0.3, 0.4) is 0 Å². The van der Waals surface area contributed by atoms with E-state index in [1.165, 1.54) is 13.4 Å². The Morgan fingerprint density at radius 2 is 2.22 bits per heavy atom. The summed E-state index contributed by atoms with van der Waals surface area (Å²) >= 11 is 0. The number of oxazole rings is 1. The van der Waals surface area contributed by atoms with E-state index in [0.29, 0.717) is 38.2 Å². The van der Waals surface area contributed by atoms with Crippen LogP contribution in [0.4, 0.5) is 0 Å². The predicted molar refractivity (Wildman–Crippen MR) is 82.4 cm³/mol. The van der Waals surface area contributed by atoms with Crippen LogP contribution in [0.15, 0.2) is 15.7 Å². The van der Waals surface area contributed by atoms with Crippen molar-refractivity contribution in [2.75, 3.05) is 20.2 Å². The molecule has 1 aromatic heterocycles. The number of hydrogen-bond donors (Lipinski definition) is 4. The summed E-state index contributed by atoms with van der Waals surface area (Å²) in [6.07, 6.45) is 2.46. The van der Waals surface area contributed by atoms with Gasteiger partial charge in [-0.2, -0.15) is 0 Å². The van der Waals surface area contributed by atoms with E-state index in [1.807, 2.05) is 0 Å². The highest BCUT2D eigenvalue weighted by atomic mass is 16.5. The van der Waals surface area contributed by atoms with Crippen LogP contribution in [-0.2, 0) is 16.0 Å². The average Bonchev–Trinajstić information content (AvgIpc) is 2.98. The molecule has 0 bridgehead atoms. The number of ether oxygens (including phenoxy) is 1. The van der Waals surface area contributed by atoms with Crippen molar-refractivity contribution in [3.63, 3.8) is 0 Å². The van der Waals surface area contributed by atoms with Gasteiger partial charge in [-0.3, -0.25) is 9.79 Å². The zero-order chi connectivity index (χ0) is 17.2. The summed E-state index contributed by atoms with van der Waals surface area (Å²) in [5.41, 5.74) is 15.9. The summed E-state index contributed by atoms with van der Waals surface area (Å²) < 4.78 is 9.78. The van der Waals surface area contributed by atoms with Crippen LogP contribution in [0.1, 0.15) is 29.2 Å². The molecule has 0 aliphatic carbocycles. The van der Waals surface area contributed by atoms with Crippen molar-refractivity contribution >= 4 is 17.8 Å². The van der Waals surface area contributed by atoms with Gasteiger partial charge < -0.3 is 31.7 Å². The molecule has 0 saturated carbocycles. The van der Waals surface area contributed by atoms with E-state index in [1.54, 1.807) is 0 Å². The van der Waals surface area contributed by atoms with E-state index >= 15 is 0 Å². The molecule has 0 aliphatic heterocycles. The lowest BCUT2D eigenvalue weighted by atomic mass is 10.1. The number of nitrogens with zero attached hydrogens (tertiary/aromatic N) is 2. The Morgan fingerprint density at radius 3 is 2.83 bits per heavy atom. The largest absolute Gasteiger partial charge is 0.467 e. The summed E-state index contributed by atoms with van der Waals surface area (Å²) in [6.45, 7) is 0.702. The quantitative estimate of drug-likeness (QED) is 0.184. The van der Waals surface area contributed by atoms with Gasteiger partial charge in [-0.1, -0.05) is 0 Å². The molecule has 23 heavy (non-hydrogen) atoms. The highest BCUT2D eigenvalue weighted by molar-refractivity contribution is 5.94. The number of esters is 1. The second-order valence-electron chi connectivity index (χ2n) is 4.66. The maximum Gasteiger partial charge on any atom is 0.328 e. The summed E-state index contributed by atoms with van der Waals surface area (Å²) in [4.78, 5) is 31.6. The van der Waals surface area contributed by atoms with Crippen LogP contribution in [0.5, 0.6) is 0 Å².